The molecule has 0 saturated heterocycles. The minimum atomic E-state index is -0.411. The van der Waals surface area contributed by atoms with E-state index in [0.717, 1.165) is 25.3 Å². The standard InChI is InChI=1S/C11H17N3O/c1-3-7-14(4-2)10-8-9(11(12)15)5-6-13-10/h5-6,8H,3-4,7H2,1-2H3,(H2,12,15). The number of carbonyl (C=O) groups excluding carboxylic acids is 1. The smallest absolute Gasteiger partial charge is 0.248 e. The molecule has 0 aliphatic heterocycles. The summed E-state index contributed by atoms with van der Waals surface area (Å²) >= 11 is 0. The van der Waals surface area contributed by atoms with Crippen molar-refractivity contribution in [2.75, 3.05) is 18.0 Å². The first-order valence-electron chi connectivity index (χ1n) is 5.19. The molecule has 0 aliphatic rings. The zero-order valence-electron chi connectivity index (χ0n) is 9.23. The van der Waals surface area contributed by atoms with Crippen LogP contribution in [0.15, 0.2) is 18.3 Å². The average Bonchev–Trinajstić information content (AvgIpc) is 2.26. The molecule has 1 amide bonds. The fourth-order valence-corrected chi connectivity index (χ4v) is 1.45. The second kappa shape index (κ2) is 5.34. The first kappa shape index (κ1) is 11.5. The lowest BCUT2D eigenvalue weighted by molar-refractivity contribution is 0.1000. The summed E-state index contributed by atoms with van der Waals surface area (Å²) in [4.78, 5) is 17.3. The van der Waals surface area contributed by atoms with E-state index in [1.54, 1.807) is 18.3 Å². The van der Waals surface area contributed by atoms with Crippen molar-refractivity contribution in [2.24, 2.45) is 5.73 Å². The Morgan fingerprint density at radius 2 is 2.27 bits per heavy atom. The van der Waals surface area contributed by atoms with E-state index in [1.165, 1.54) is 0 Å². The van der Waals surface area contributed by atoms with Gasteiger partial charge < -0.3 is 10.6 Å². The van der Waals surface area contributed by atoms with E-state index >= 15 is 0 Å². The third-order valence-electron chi connectivity index (χ3n) is 2.23. The van der Waals surface area contributed by atoms with Crippen molar-refractivity contribution in [2.45, 2.75) is 20.3 Å². The fraction of sp³-hybridized carbons (Fsp3) is 0.455. The third-order valence-corrected chi connectivity index (χ3v) is 2.23. The first-order chi connectivity index (χ1) is 7.19. The van der Waals surface area contributed by atoms with Gasteiger partial charge in [0.2, 0.25) is 5.91 Å². The number of rotatable bonds is 5. The summed E-state index contributed by atoms with van der Waals surface area (Å²) in [7, 11) is 0. The number of carbonyl (C=O) groups is 1. The van der Waals surface area contributed by atoms with Crippen LogP contribution >= 0.6 is 0 Å². The molecule has 0 saturated carbocycles. The first-order valence-corrected chi connectivity index (χ1v) is 5.19. The van der Waals surface area contributed by atoms with E-state index in [4.69, 9.17) is 5.73 Å². The molecule has 1 rings (SSSR count). The van der Waals surface area contributed by atoms with E-state index in [1.807, 2.05) is 0 Å². The lowest BCUT2D eigenvalue weighted by Crippen LogP contribution is -2.25. The number of pyridine rings is 1. The van der Waals surface area contributed by atoms with Gasteiger partial charge in [0.25, 0.3) is 0 Å². The third kappa shape index (κ3) is 2.94. The van der Waals surface area contributed by atoms with E-state index < -0.39 is 5.91 Å². The summed E-state index contributed by atoms with van der Waals surface area (Å²) < 4.78 is 0. The molecule has 1 heterocycles. The van der Waals surface area contributed by atoms with E-state index in [-0.39, 0.29) is 0 Å². The molecule has 4 nitrogen and oxygen atoms in total. The Hall–Kier alpha value is -1.58. The van der Waals surface area contributed by atoms with E-state index in [0.29, 0.717) is 5.56 Å². The molecule has 0 unspecified atom stereocenters. The SMILES string of the molecule is CCCN(CC)c1cc(C(N)=O)ccn1. The molecule has 0 atom stereocenters. The Kier molecular flexibility index (Phi) is 4.09. The Morgan fingerprint density at radius 1 is 1.53 bits per heavy atom. The molecule has 0 fully saturated rings. The van der Waals surface area contributed by atoms with Crippen LogP contribution in [0.1, 0.15) is 30.6 Å². The summed E-state index contributed by atoms with van der Waals surface area (Å²) in [6.07, 6.45) is 2.67. The number of hydrogen-bond donors (Lipinski definition) is 1. The van der Waals surface area contributed by atoms with Gasteiger partial charge in [0.15, 0.2) is 0 Å². The maximum Gasteiger partial charge on any atom is 0.248 e. The Labute approximate surface area is 90.1 Å². The molecule has 0 aliphatic carbocycles. The quantitative estimate of drug-likeness (QED) is 0.794. The predicted octanol–water partition coefficient (Wildman–Crippen LogP) is 1.42. The summed E-state index contributed by atoms with van der Waals surface area (Å²) in [5.74, 6) is 0.404. The number of primary amides is 1. The van der Waals surface area contributed by atoms with Crippen LogP contribution in [0.25, 0.3) is 0 Å². The maximum atomic E-state index is 11.0. The lowest BCUT2D eigenvalue weighted by Gasteiger charge is -2.21. The summed E-state index contributed by atoms with van der Waals surface area (Å²) in [6, 6.07) is 3.37. The van der Waals surface area contributed by atoms with Gasteiger partial charge in [-0.1, -0.05) is 6.92 Å². The van der Waals surface area contributed by atoms with Crippen molar-refractivity contribution in [3.63, 3.8) is 0 Å². The fourth-order valence-electron chi connectivity index (χ4n) is 1.45. The highest BCUT2D eigenvalue weighted by Gasteiger charge is 2.07. The molecule has 0 bridgehead atoms. The largest absolute Gasteiger partial charge is 0.366 e. The number of aromatic nitrogens is 1. The monoisotopic (exact) mass is 207 g/mol. The van der Waals surface area contributed by atoms with Crippen molar-refractivity contribution in [3.05, 3.63) is 23.9 Å². The van der Waals surface area contributed by atoms with Crippen LogP contribution in [0.2, 0.25) is 0 Å². The van der Waals surface area contributed by atoms with Crippen LogP contribution in [0.4, 0.5) is 5.82 Å². The van der Waals surface area contributed by atoms with Gasteiger partial charge in [-0.25, -0.2) is 4.98 Å². The number of hydrogen-bond acceptors (Lipinski definition) is 3. The second-order valence-electron chi connectivity index (χ2n) is 3.35. The summed E-state index contributed by atoms with van der Waals surface area (Å²) in [6.45, 7) is 5.99. The highest BCUT2D eigenvalue weighted by Crippen LogP contribution is 2.12. The summed E-state index contributed by atoms with van der Waals surface area (Å²) in [5.41, 5.74) is 5.72. The molecule has 2 N–H and O–H groups in total. The number of nitrogens with two attached hydrogens (primary N) is 1. The highest BCUT2D eigenvalue weighted by molar-refractivity contribution is 5.93. The average molecular weight is 207 g/mol. The van der Waals surface area contributed by atoms with Crippen LogP contribution in [0, 0.1) is 0 Å². The molecule has 15 heavy (non-hydrogen) atoms. The Morgan fingerprint density at radius 3 is 2.80 bits per heavy atom. The summed E-state index contributed by atoms with van der Waals surface area (Å²) in [5, 5.41) is 0. The van der Waals surface area contributed by atoms with Crippen LogP contribution < -0.4 is 10.6 Å². The van der Waals surface area contributed by atoms with Gasteiger partial charge in [0, 0.05) is 24.8 Å². The van der Waals surface area contributed by atoms with Crippen molar-refractivity contribution >= 4 is 11.7 Å². The van der Waals surface area contributed by atoms with Gasteiger partial charge in [-0.3, -0.25) is 4.79 Å². The molecule has 1 aromatic rings. The van der Waals surface area contributed by atoms with E-state index in [2.05, 4.69) is 23.7 Å². The Bertz CT molecular complexity index is 338. The van der Waals surface area contributed by atoms with Gasteiger partial charge in [-0.05, 0) is 25.5 Å². The molecule has 0 spiro atoms. The minimum absolute atomic E-state index is 0.411. The van der Waals surface area contributed by atoms with Gasteiger partial charge in [0.1, 0.15) is 5.82 Å². The van der Waals surface area contributed by atoms with Gasteiger partial charge in [0.05, 0.1) is 0 Å². The van der Waals surface area contributed by atoms with Crippen LogP contribution in [-0.4, -0.2) is 24.0 Å². The van der Waals surface area contributed by atoms with Crippen LogP contribution in [0.3, 0.4) is 0 Å². The van der Waals surface area contributed by atoms with Crippen molar-refractivity contribution in [1.29, 1.82) is 0 Å². The number of anilines is 1. The topological polar surface area (TPSA) is 59.2 Å². The number of nitrogens with zero attached hydrogens (tertiary/aromatic N) is 2. The normalized spacial score (nSPS) is 10.0. The molecule has 0 radical (unpaired) electrons. The zero-order chi connectivity index (χ0) is 11.3. The van der Waals surface area contributed by atoms with Crippen molar-refractivity contribution < 1.29 is 4.79 Å². The highest BCUT2D eigenvalue weighted by atomic mass is 16.1. The second-order valence-corrected chi connectivity index (χ2v) is 3.35. The van der Waals surface area contributed by atoms with Gasteiger partial charge >= 0.3 is 0 Å². The van der Waals surface area contributed by atoms with E-state index in [9.17, 15) is 4.79 Å². The minimum Gasteiger partial charge on any atom is -0.366 e. The van der Waals surface area contributed by atoms with Crippen molar-refractivity contribution in [3.8, 4) is 0 Å². The van der Waals surface area contributed by atoms with Gasteiger partial charge in [-0.15, -0.1) is 0 Å². The molecule has 1 aromatic heterocycles. The predicted molar refractivity (Wildman–Crippen MR) is 60.9 cm³/mol. The van der Waals surface area contributed by atoms with Gasteiger partial charge in [-0.2, -0.15) is 0 Å². The molecule has 82 valence electrons. The van der Waals surface area contributed by atoms with Crippen LogP contribution in [0.5, 0.6) is 0 Å². The molecule has 0 aromatic carbocycles. The lowest BCUT2D eigenvalue weighted by atomic mass is 10.2. The Balaban J connectivity index is 2.92. The van der Waals surface area contributed by atoms with Crippen LogP contribution in [-0.2, 0) is 0 Å². The zero-order valence-corrected chi connectivity index (χ0v) is 9.23. The molecular formula is C11H17N3O. The van der Waals surface area contributed by atoms with Crippen molar-refractivity contribution in [1.82, 2.24) is 4.98 Å². The maximum absolute atomic E-state index is 11.0. The molecule has 4 heteroatoms. The number of amides is 1. The molecular weight excluding hydrogens is 190 g/mol.